The molecule has 23 heavy (non-hydrogen) atoms. The topological polar surface area (TPSA) is 50.4 Å². The van der Waals surface area contributed by atoms with Gasteiger partial charge in [-0.1, -0.05) is 48.5 Å². The van der Waals surface area contributed by atoms with Crippen molar-refractivity contribution in [1.82, 2.24) is 5.32 Å². The van der Waals surface area contributed by atoms with Gasteiger partial charge in [-0.3, -0.25) is 4.79 Å². The Morgan fingerprint density at radius 3 is 2.52 bits per heavy atom. The minimum atomic E-state index is -0.0379. The van der Waals surface area contributed by atoms with Crippen molar-refractivity contribution in [2.24, 2.45) is 0 Å². The Bertz CT molecular complexity index is 614. The van der Waals surface area contributed by atoms with Gasteiger partial charge in [0.1, 0.15) is 0 Å². The van der Waals surface area contributed by atoms with Crippen LogP contribution in [0, 0.1) is 0 Å². The highest BCUT2D eigenvalue weighted by atomic mass is 16.5. The largest absolute Gasteiger partial charge is 0.383 e. The second-order valence-electron chi connectivity index (χ2n) is 5.60. The van der Waals surface area contributed by atoms with Gasteiger partial charge in [0.15, 0.2) is 0 Å². The lowest BCUT2D eigenvalue weighted by atomic mass is 10.0. The summed E-state index contributed by atoms with van der Waals surface area (Å²) in [4.78, 5) is 11.9. The third-order valence-corrected chi connectivity index (χ3v) is 3.52. The molecule has 0 fully saturated rings. The van der Waals surface area contributed by atoms with Gasteiger partial charge < -0.3 is 15.4 Å². The van der Waals surface area contributed by atoms with Gasteiger partial charge in [0.05, 0.1) is 13.2 Å². The summed E-state index contributed by atoms with van der Waals surface area (Å²) in [5, 5.41) is 6.12. The molecule has 2 aromatic carbocycles. The van der Waals surface area contributed by atoms with Crippen molar-refractivity contribution >= 4 is 11.6 Å². The maximum Gasteiger partial charge on any atom is 0.239 e. The Kier molecular flexibility index (Phi) is 6.63. The van der Waals surface area contributed by atoms with Gasteiger partial charge in [0.2, 0.25) is 5.91 Å². The molecule has 0 aliphatic carbocycles. The van der Waals surface area contributed by atoms with Gasteiger partial charge in [0.25, 0.3) is 0 Å². The SMILES string of the molecule is COC[C@H](C)NC(=O)CNc1ccccc1Cc1ccccc1. The maximum atomic E-state index is 11.9. The molecule has 0 radical (unpaired) electrons. The number of ether oxygens (including phenoxy) is 1. The van der Waals surface area contributed by atoms with E-state index < -0.39 is 0 Å². The first-order valence-electron chi connectivity index (χ1n) is 7.83. The van der Waals surface area contributed by atoms with Gasteiger partial charge in [-0.05, 0) is 30.5 Å². The Labute approximate surface area is 137 Å². The molecule has 2 aromatic rings. The second-order valence-corrected chi connectivity index (χ2v) is 5.60. The molecule has 4 nitrogen and oxygen atoms in total. The molecule has 1 atom stereocenters. The van der Waals surface area contributed by atoms with E-state index in [2.05, 4.69) is 28.8 Å². The average Bonchev–Trinajstić information content (AvgIpc) is 2.55. The van der Waals surface area contributed by atoms with Gasteiger partial charge in [-0.2, -0.15) is 0 Å². The van der Waals surface area contributed by atoms with E-state index in [-0.39, 0.29) is 18.5 Å². The lowest BCUT2D eigenvalue weighted by molar-refractivity contribution is -0.120. The van der Waals surface area contributed by atoms with Crippen LogP contribution in [-0.4, -0.2) is 32.2 Å². The van der Waals surface area contributed by atoms with E-state index in [0.29, 0.717) is 6.61 Å². The lowest BCUT2D eigenvalue weighted by Crippen LogP contribution is -2.39. The molecule has 2 rings (SSSR count). The van der Waals surface area contributed by atoms with Crippen molar-refractivity contribution in [1.29, 1.82) is 0 Å². The highest BCUT2D eigenvalue weighted by Gasteiger charge is 2.08. The summed E-state index contributed by atoms with van der Waals surface area (Å²) < 4.78 is 5.02. The molecule has 0 aliphatic heterocycles. The molecule has 0 spiro atoms. The number of anilines is 1. The molecule has 0 aliphatic rings. The molecular weight excluding hydrogens is 288 g/mol. The number of methoxy groups -OCH3 is 1. The van der Waals surface area contributed by atoms with Crippen LogP contribution in [0.2, 0.25) is 0 Å². The monoisotopic (exact) mass is 312 g/mol. The Hall–Kier alpha value is -2.33. The average molecular weight is 312 g/mol. The highest BCUT2D eigenvalue weighted by Crippen LogP contribution is 2.18. The van der Waals surface area contributed by atoms with Crippen LogP contribution in [0.1, 0.15) is 18.1 Å². The van der Waals surface area contributed by atoms with Gasteiger partial charge in [-0.15, -0.1) is 0 Å². The number of nitrogens with one attached hydrogen (secondary N) is 2. The molecule has 0 aromatic heterocycles. The van der Waals surface area contributed by atoms with Crippen LogP contribution in [-0.2, 0) is 16.0 Å². The fraction of sp³-hybridized carbons (Fsp3) is 0.316. The van der Waals surface area contributed by atoms with Crippen LogP contribution in [0.15, 0.2) is 54.6 Å². The molecular formula is C19H24N2O2. The third kappa shape index (κ3) is 5.75. The minimum absolute atomic E-state index is 0.00821. The van der Waals surface area contributed by atoms with Gasteiger partial charge >= 0.3 is 0 Å². The molecule has 0 saturated carbocycles. The molecule has 0 bridgehead atoms. The van der Waals surface area contributed by atoms with Crippen LogP contribution in [0.5, 0.6) is 0 Å². The van der Waals surface area contributed by atoms with E-state index in [1.165, 1.54) is 11.1 Å². The number of para-hydroxylation sites is 1. The molecule has 0 heterocycles. The molecule has 2 N–H and O–H groups in total. The second kappa shape index (κ2) is 8.96. The fourth-order valence-electron chi connectivity index (χ4n) is 2.46. The lowest BCUT2D eigenvalue weighted by Gasteiger charge is -2.15. The van der Waals surface area contributed by atoms with E-state index in [1.54, 1.807) is 7.11 Å². The number of benzene rings is 2. The van der Waals surface area contributed by atoms with Crippen molar-refractivity contribution in [2.45, 2.75) is 19.4 Å². The van der Waals surface area contributed by atoms with E-state index in [9.17, 15) is 4.79 Å². The first kappa shape index (κ1) is 17.0. The number of carbonyl (C=O) groups excluding carboxylic acids is 1. The predicted molar refractivity (Wildman–Crippen MR) is 93.7 cm³/mol. The van der Waals surface area contributed by atoms with Crippen molar-refractivity contribution in [3.05, 3.63) is 65.7 Å². The predicted octanol–water partition coefficient (Wildman–Crippen LogP) is 2.84. The zero-order valence-electron chi connectivity index (χ0n) is 13.7. The van der Waals surface area contributed by atoms with Crippen molar-refractivity contribution in [3.63, 3.8) is 0 Å². The molecule has 1 amide bonds. The summed E-state index contributed by atoms with van der Waals surface area (Å²) in [6.07, 6.45) is 0.839. The summed E-state index contributed by atoms with van der Waals surface area (Å²) in [5.74, 6) is -0.0379. The minimum Gasteiger partial charge on any atom is -0.383 e. The quantitative estimate of drug-likeness (QED) is 0.788. The van der Waals surface area contributed by atoms with Gasteiger partial charge in [-0.25, -0.2) is 0 Å². The van der Waals surface area contributed by atoms with Crippen LogP contribution >= 0.6 is 0 Å². The first-order chi connectivity index (χ1) is 11.2. The van der Waals surface area contributed by atoms with Crippen LogP contribution in [0.3, 0.4) is 0 Å². The van der Waals surface area contributed by atoms with E-state index in [0.717, 1.165) is 12.1 Å². The molecule has 0 saturated heterocycles. The summed E-state index contributed by atoms with van der Waals surface area (Å²) in [6, 6.07) is 18.4. The van der Waals surface area contributed by atoms with E-state index in [1.807, 2.05) is 43.3 Å². The summed E-state index contributed by atoms with van der Waals surface area (Å²) in [5.41, 5.74) is 3.42. The number of hydrogen-bond donors (Lipinski definition) is 2. The van der Waals surface area contributed by atoms with E-state index in [4.69, 9.17) is 4.74 Å². The smallest absolute Gasteiger partial charge is 0.239 e. The number of amides is 1. The Morgan fingerprint density at radius 1 is 1.09 bits per heavy atom. The normalized spacial score (nSPS) is 11.7. The summed E-state index contributed by atoms with van der Waals surface area (Å²) >= 11 is 0. The first-order valence-corrected chi connectivity index (χ1v) is 7.83. The Morgan fingerprint density at radius 2 is 1.78 bits per heavy atom. The van der Waals surface area contributed by atoms with E-state index >= 15 is 0 Å². The fourth-order valence-corrected chi connectivity index (χ4v) is 2.46. The molecule has 4 heteroatoms. The van der Waals surface area contributed by atoms with Crippen LogP contribution < -0.4 is 10.6 Å². The molecule has 122 valence electrons. The van der Waals surface area contributed by atoms with Crippen LogP contribution in [0.4, 0.5) is 5.69 Å². The summed E-state index contributed by atoms with van der Waals surface area (Å²) in [6.45, 7) is 2.68. The zero-order valence-corrected chi connectivity index (χ0v) is 13.7. The number of carbonyl (C=O) groups is 1. The van der Waals surface area contributed by atoms with Gasteiger partial charge in [0, 0.05) is 18.8 Å². The Balaban J connectivity index is 1.94. The standard InChI is InChI=1S/C19H24N2O2/c1-15(14-23-2)21-19(22)13-20-18-11-7-6-10-17(18)12-16-8-4-3-5-9-16/h3-11,15,20H,12-14H2,1-2H3,(H,21,22)/t15-/m0/s1. The van der Waals surface area contributed by atoms with Crippen molar-refractivity contribution in [2.75, 3.05) is 25.6 Å². The zero-order chi connectivity index (χ0) is 16.5. The molecule has 0 unspecified atom stereocenters. The number of hydrogen-bond acceptors (Lipinski definition) is 3. The number of rotatable bonds is 8. The highest BCUT2D eigenvalue weighted by molar-refractivity contribution is 5.81. The maximum absolute atomic E-state index is 11.9. The van der Waals surface area contributed by atoms with Crippen molar-refractivity contribution in [3.8, 4) is 0 Å². The summed E-state index contributed by atoms with van der Waals surface area (Å²) in [7, 11) is 1.63. The van der Waals surface area contributed by atoms with Crippen molar-refractivity contribution < 1.29 is 9.53 Å². The van der Waals surface area contributed by atoms with Crippen LogP contribution in [0.25, 0.3) is 0 Å². The third-order valence-electron chi connectivity index (χ3n) is 3.52.